The quantitative estimate of drug-likeness (QED) is 0.309. The second-order valence-electron chi connectivity index (χ2n) is 10.6. The molecule has 2 aliphatic heterocycles. The molecular formula is C26H30F3N3O5S. The number of benzene rings is 1. The molecule has 0 radical (unpaired) electrons. The van der Waals surface area contributed by atoms with Crippen LogP contribution in [0.4, 0.5) is 18.3 Å². The van der Waals surface area contributed by atoms with Crippen molar-refractivity contribution in [1.29, 1.82) is 0 Å². The van der Waals surface area contributed by atoms with Crippen LogP contribution in [0.15, 0.2) is 29.8 Å². The number of alkyl halides is 3. The number of fused-ring (bicyclic) bond motifs is 4. The van der Waals surface area contributed by atoms with Crippen LogP contribution in [0.25, 0.3) is 10.2 Å². The fourth-order valence-electron chi connectivity index (χ4n) is 5.51. The van der Waals surface area contributed by atoms with Gasteiger partial charge in [0.1, 0.15) is 18.0 Å². The van der Waals surface area contributed by atoms with Crippen molar-refractivity contribution in [3.63, 3.8) is 0 Å². The zero-order valence-electron chi connectivity index (χ0n) is 21.3. The molecule has 8 nitrogen and oxygen atoms in total. The van der Waals surface area contributed by atoms with Gasteiger partial charge in [0.2, 0.25) is 5.91 Å². The van der Waals surface area contributed by atoms with Crippen molar-refractivity contribution in [3.05, 3.63) is 29.8 Å². The summed E-state index contributed by atoms with van der Waals surface area (Å²) in [5.41, 5.74) is 1.47. The Kier molecular flexibility index (Phi) is 7.16. The molecule has 3 heterocycles. The van der Waals surface area contributed by atoms with Crippen molar-refractivity contribution < 1.29 is 37.0 Å². The van der Waals surface area contributed by atoms with Gasteiger partial charge in [-0.2, -0.15) is 0 Å². The number of ether oxygens (including phenoxy) is 3. The maximum absolute atomic E-state index is 12.9. The molecule has 3 aliphatic rings. The minimum atomic E-state index is -4.79. The number of amides is 1. The number of nitrogens with one attached hydrogen (secondary N) is 1. The minimum absolute atomic E-state index is 0.00124. The molecule has 1 amide bonds. The number of rotatable bonds is 6. The lowest BCUT2D eigenvalue weighted by Gasteiger charge is -2.25. The van der Waals surface area contributed by atoms with Crippen LogP contribution in [0, 0.1) is 11.8 Å². The highest BCUT2D eigenvalue weighted by molar-refractivity contribution is 7.22. The summed E-state index contributed by atoms with van der Waals surface area (Å²) in [4.78, 5) is 31.7. The highest BCUT2D eigenvalue weighted by Crippen LogP contribution is 2.50. The van der Waals surface area contributed by atoms with E-state index in [-0.39, 0.29) is 58.9 Å². The Balaban J connectivity index is 1.20. The first kappa shape index (κ1) is 26.9. The lowest BCUT2D eigenvalue weighted by molar-refractivity contribution is -0.274. The van der Waals surface area contributed by atoms with E-state index in [1.807, 2.05) is 0 Å². The van der Waals surface area contributed by atoms with Gasteiger partial charge in [0.15, 0.2) is 5.13 Å². The van der Waals surface area contributed by atoms with Gasteiger partial charge < -0.3 is 19.5 Å². The van der Waals surface area contributed by atoms with Crippen LogP contribution >= 0.6 is 11.3 Å². The molecule has 206 valence electrons. The molecule has 1 aromatic heterocycles. The average Bonchev–Trinajstić information content (AvgIpc) is 3.15. The molecule has 5 rings (SSSR count). The Morgan fingerprint density at radius 1 is 1.37 bits per heavy atom. The van der Waals surface area contributed by atoms with Crippen molar-refractivity contribution in [2.45, 2.75) is 63.7 Å². The summed E-state index contributed by atoms with van der Waals surface area (Å²) in [7, 11) is 1.77. The first-order valence-corrected chi connectivity index (χ1v) is 13.4. The van der Waals surface area contributed by atoms with E-state index in [4.69, 9.17) is 9.47 Å². The van der Waals surface area contributed by atoms with Crippen LogP contribution in [-0.4, -0.2) is 66.1 Å². The molecule has 0 bridgehead atoms. The zero-order valence-corrected chi connectivity index (χ0v) is 22.2. The molecule has 2 aromatic rings. The third-order valence-corrected chi connectivity index (χ3v) is 8.43. The van der Waals surface area contributed by atoms with Gasteiger partial charge >= 0.3 is 12.3 Å². The topological polar surface area (TPSA) is 93.3 Å². The molecular weight excluding hydrogens is 523 g/mol. The van der Waals surface area contributed by atoms with Gasteiger partial charge in [0, 0.05) is 18.5 Å². The van der Waals surface area contributed by atoms with Crippen LogP contribution < -0.4 is 10.1 Å². The summed E-state index contributed by atoms with van der Waals surface area (Å²) < 4.78 is 53.7. The summed E-state index contributed by atoms with van der Waals surface area (Å²) in [5.74, 6) is -1.32. The average molecular weight is 554 g/mol. The number of aromatic nitrogens is 1. The van der Waals surface area contributed by atoms with Crippen molar-refractivity contribution in [1.82, 2.24) is 9.88 Å². The van der Waals surface area contributed by atoms with Crippen LogP contribution in [-0.2, 0) is 19.1 Å². The second-order valence-corrected chi connectivity index (χ2v) is 11.6. The highest BCUT2D eigenvalue weighted by atomic mass is 32.1. The van der Waals surface area contributed by atoms with Gasteiger partial charge in [-0.15, -0.1) is 13.2 Å². The molecule has 1 aliphatic carbocycles. The lowest BCUT2D eigenvalue weighted by atomic mass is 9.80. The number of allylic oxidation sites excluding steroid dienone is 2. The SMILES string of the molecule is C/C1=C\CC[C@]2(C)O[C@@H]2[C@H]2OC(=O)[C@@H](CN(C)CC(=O)Nc3nc4ccc(OC(F)(F)F)cc4s3)[C@@H]2CC1. The number of likely N-dealkylation sites (N-methyl/N-ethyl adjacent to an activating group) is 1. The maximum Gasteiger partial charge on any atom is 0.573 e. The van der Waals surface area contributed by atoms with Crippen molar-refractivity contribution >= 4 is 38.6 Å². The fraction of sp³-hybridized carbons (Fsp3) is 0.577. The number of halogens is 3. The number of hydrogen-bond donors (Lipinski definition) is 1. The molecule has 2 fully saturated rings. The van der Waals surface area contributed by atoms with Gasteiger partial charge in [0.05, 0.1) is 28.3 Å². The molecule has 12 heteroatoms. The first-order chi connectivity index (χ1) is 17.9. The molecule has 0 spiro atoms. The van der Waals surface area contributed by atoms with Crippen molar-refractivity contribution in [3.8, 4) is 5.75 Å². The van der Waals surface area contributed by atoms with Crippen LogP contribution in [0.5, 0.6) is 5.75 Å². The molecule has 1 aromatic carbocycles. The van der Waals surface area contributed by atoms with Crippen molar-refractivity contribution in [2.75, 3.05) is 25.5 Å². The van der Waals surface area contributed by atoms with E-state index in [9.17, 15) is 22.8 Å². The van der Waals surface area contributed by atoms with E-state index in [1.54, 1.807) is 11.9 Å². The van der Waals surface area contributed by atoms with Gasteiger partial charge in [-0.05, 0) is 58.7 Å². The molecule has 38 heavy (non-hydrogen) atoms. The molecule has 2 saturated heterocycles. The summed E-state index contributed by atoms with van der Waals surface area (Å²) >= 11 is 1.05. The van der Waals surface area contributed by atoms with Crippen molar-refractivity contribution in [2.24, 2.45) is 11.8 Å². The Hall–Kier alpha value is -2.70. The van der Waals surface area contributed by atoms with Gasteiger partial charge in [0.25, 0.3) is 0 Å². The Morgan fingerprint density at radius 3 is 2.92 bits per heavy atom. The molecule has 0 saturated carbocycles. The standard InChI is InChI=1S/C26H30F3N3O5S/c1-14-5-4-10-25(2)22(37-25)21-16(8-6-14)17(23(34)35-21)12-32(3)13-20(33)31-24-30-18-9-7-15(11-19(18)38-24)36-26(27,28)29/h5,7,9,11,16-17,21-22H,4,6,8,10,12-13H2,1-3H3,(H,30,31,33)/b14-5+/t16-,17-,21-,22+,25-/m0/s1. The monoisotopic (exact) mass is 553 g/mol. The molecule has 5 atom stereocenters. The Bertz CT molecular complexity index is 1260. The van der Waals surface area contributed by atoms with Crippen LogP contribution in [0.2, 0.25) is 0 Å². The third kappa shape index (κ3) is 5.97. The summed E-state index contributed by atoms with van der Waals surface area (Å²) in [6.45, 7) is 4.55. The van der Waals surface area contributed by atoms with E-state index < -0.39 is 6.36 Å². The maximum atomic E-state index is 12.9. The number of anilines is 1. The number of hydrogen-bond acceptors (Lipinski definition) is 8. The van der Waals surface area contributed by atoms with Crippen LogP contribution in [0.3, 0.4) is 0 Å². The van der Waals surface area contributed by atoms with Gasteiger partial charge in [-0.1, -0.05) is 23.0 Å². The minimum Gasteiger partial charge on any atom is -0.459 e. The second kappa shape index (κ2) is 10.1. The van der Waals surface area contributed by atoms with E-state index in [0.717, 1.165) is 37.0 Å². The number of carbonyl (C=O) groups is 2. The van der Waals surface area contributed by atoms with E-state index in [1.165, 1.54) is 23.8 Å². The number of epoxide rings is 1. The van der Waals surface area contributed by atoms with E-state index in [0.29, 0.717) is 16.8 Å². The fourth-order valence-corrected chi connectivity index (χ4v) is 6.42. The van der Waals surface area contributed by atoms with E-state index >= 15 is 0 Å². The molecule has 0 unspecified atom stereocenters. The largest absolute Gasteiger partial charge is 0.573 e. The zero-order chi connectivity index (χ0) is 27.2. The predicted octanol–water partition coefficient (Wildman–Crippen LogP) is 4.90. The Morgan fingerprint density at radius 2 is 2.16 bits per heavy atom. The lowest BCUT2D eigenvalue weighted by Crippen LogP contribution is -2.38. The summed E-state index contributed by atoms with van der Waals surface area (Å²) in [6, 6.07) is 3.81. The Labute approximate surface area is 222 Å². The van der Waals surface area contributed by atoms with E-state index in [2.05, 4.69) is 35.0 Å². The smallest absolute Gasteiger partial charge is 0.459 e. The van der Waals surface area contributed by atoms with Gasteiger partial charge in [-0.25, -0.2) is 4.98 Å². The van der Waals surface area contributed by atoms with Gasteiger partial charge in [-0.3, -0.25) is 14.5 Å². The summed E-state index contributed by atoms with van der Waals surface area (Å²) in [5, 5.41) is 2.97. The highest BCUT2D eigenvalue weighted by Gasteiger charge is 2.62. The third-order valence-electron chi connectivity index (χ3n) is 7.50. The number of carbonyl (C=O) groups excluding carboxylic acids is 2. The summed E-state index contributed by atoms with van der Waals surface area (Å²) in [6.07, 6.45) is 0.620. The normalized spacial score (nSPS) is 30.7. The molecule has 1 N–H and O–H groups in total. The predicted molar refractivity (Wildman–Crippen MR) is 135 cm³/mol. The van der Waals surface area contributed by atoms with Crippen LogP contribution in [0.1, 0.15) is 39.5 Å². The number of nitrogens with zero attached hydrogens (tertiary/aromatic N) is 2. The number of thiazole rings is 1. The number of esters is 1. The first-order valence-electron chi connectivity index (χ1n) is 12.6.